The third-order valence-electron chi connectivity index (χ3n) is 2.49. The number of aryl methyl sites for hydroxylation is 1. The zero-order valence-electron chi connectivity index (χ0n) is 10.8. The molecule has 1 aromatic rings. The summed E-state index contributed by atoms with van der Waals surface area (Å²) in [5.41, 5.74) is 0. The molecule has 0 amide bonds. The van der Waals surface area contributed by atoms with Crippen LogP contribution < -0.4 is 5.32 Å². The van der Waals surface area contributed by atoms with Crippen molar-refractivity contribution in [2.24, 2.45) is 5.92 Å². The maximum Gasteiger partial charge on any atom is 0.228 e. The van der Waals surface area contributed by atoms with Gasteiger partial charge in [0.05, 0.1) is 0 Å². The molecule has 16 heavy (non-hydrogen) atoms. The summed E-state index contributed by atoms with van der Waals surface area (Å²) >= 11 is 0. The van der Waals surface area contributed by atoms with E-state index in [-0.39, 0.29) is 0 Å². The third kappa shape index (κ3) is 4.75. The highest BCUT2D eigenvalue weighted by molar-refractivity contribution is 4.89. The number of nitrogens with zero attached hydrogens (tertiary/aromatic N) is 2. The van der Waals surface area contributed by atoms with Crippen LogP contribution in [-0.4, -0.2) is 22.7 Å². The molecule has 0 aliphatic carbocycles. The first-order valence-electron chi connectivity index (χ1n) is 6.16. The van der Waals surface area contributed by atoms with Gasteiger partial charge in [0, 0.05) is 18.9 Å². The molecule has 0 radical (unpaired) electrons. The molecule has 1 heterocycles. The lowest BCUT2D eigenvalue weighted by Gasteiger charge is -2.07. The largest absolute Gasteiger partial charge is 0.339 e. The normalized spacial score (nSPS) is 13.3. The second kappa shape index (κ2) is 6.63. The molecule has 1 unspecified atom stereocenters. The highest BCUT2D eigenvalue weighted by Gasteiger charge is 2.10. The zero-order valence-corrected chi connectivity index (χ0v) is 10.8. The summed E-state index contributed by atoms with van der Waals surface area (Å²) < 4.78 is 5.21. The van der Waals surface area contributed by atoms with Crippen molar-refractivity contribution in [2.75, 3.05) is 6.54 Å². The molecule has 1 aromatic heterocycles. The molecule has 0 saturated carbocycles. The van der Waals surface area contributed by atoms with Crippen LogP contribution >= 0.6 is 0 Å². The van der Waals surface area contributed by atoms with Crippen molar-refractivity contribution in [1.82, 2.24) is 15.5 Å². The highest BCUT2D eigenvalue weighted by atomic mass is 16.5. The quantitative estimate of drug-likeness (QED) is 0.773. The average Bonchev–Trinajstić information content (AvgIpc) is 2.63. The molecule has 92 valence electrons. The minimum absolute atomic E-state index is 0.392. The first kappa shape index (κ1) is 13.2. The van der Waals surface area contributed by atoms with Gasteiger partial charge in [0.15, 0.2) is 5.82 Å². The first-order chi connectivity index (χ1) is 7.61. The van der Waals surface area contributed by atoms with E-state index in [0.717, 1.165) is 37.5 Å². The van der Waals surface area contributed by atoms with E-state index in [1.165, 1.54) is 0 Å². The lowest BCUT2D eigenvalue weighted by atomic mass is 10.1. The van der Waals surface area contributed by atoms with Gasteiger partial charge in [-0.1, -0.05) is 25.9 Å². The van der Waals surface area contributed by atoms with Gasteiger partial charge in [-0.05, 0) is 25.8 Å². The Labute approximate surface area is 97.8 Å². The number of rotatable bonds is 7. The van der Waals surface area contributed by atoms with Crippen LogP contribution in [-0.2, 0) is 12.8 Å². The Kier molecular flexibility index (Phi) is 5.46. The van der Waals surface area contributed by atoms with E-state index < -0.39 is 0 Å². The molecule has 0 spiro atoms. The van der Waals surface area contributed by atoms with Crippen molar-refractivity contribution < 1.29 is 4.52 Å². The van der Waals surface area contributed by atoms with Crippen LogP contribution in [0, 0.1) is 5.92 Å². The fourth-order valence-corrected chi connectivity index (χ4v) is 1.57. The van der Waals surface area contributed by atoms with Gasteiger partial charge in [-0.3, -0.25) is 0 Å². The van der Waals surface area contributed by atoms with Crippen molar-refractivity contribution in [3.05, 3.63) is 11.7 Å². The Morgan fingerprint density at radius 1 is 1.31 bits per heavy atom. The van der Waals surface area contributed by atoms with E-state index in [2.05, 4.69) is 43.2 Å². The van der Waals surface area contributed by atoms with Crippen molar-refractivity contribution in [3.8, 4) is 0 Å². The van der Waals surface area contributed by atoms with Gasteiger partial charge in [-0.15, -0.1) is 0 Å². The Hall–Kier alpha value is -0.900. The molecule has 1 N–H and O–H groups in total. The molecule has 1 atom stereocenters. The van der Waals surface area contributed by atoms with Crippen LogP contribution in [0.1, 0.15) is 45.8 Å². The third-order valence-corrected chi connectivity index (χ3v) is 2.49. The van der Waals surface area contributed by atoms with Gasteiger partial charge in [-0.25, -0.2) is 0 Å². The summed E-state index contributed by atoms with van der Waals surface area (Å²) in [6.45, 7) is 9.60. The predicted octanol–water partition coefficient (Wildman–Crippen LogP) is 2.20. The fourth-order valence-electron chi connectivity index (χ4n) is 1.57. The molecule has 0 aliphatic rings. The standard InChI is InChI=1S/C12H23N3O/c1-5-13-10(4)8-12-14-11(15-16-12)7-6-9(2)3/h9-10,13H,5-8H2,1-4H3. The minimum atomic E-state index is 0.392. The summed E-state index contributed by atoms with van der Waals surface area (Å²) in [5, 5.41) is 7.31. The summed E-state index contributed by atoms with van der Waals surface area (Å²) in [6, 6.07) is 0.392. The van der Waals surface area contributed by atoms with Crippen LogP contribution in [0.25, 0.3) is 0 Å². The summed E-state index contributed by atoms with van der Waals surface area (Å²) in [4.78, 5) is 4.39. The molecular weight excluding hydrogens is 202 g/mol. The number of likely N-dealkylation sites (N-methyl/N-ethyl adjacent to an activating group) is 1. The van der Waals surface area contributed by atoms with Crippen molar-refractivity contribution >= 4 is 0 Å². The van der Waals surface area contributed by atoms with Gasteiger partial charge >= 0.3 is 0 Å². The van der Waals surface area contributed by atoms with Crippen LogP contribution in [0.3, 0.4) is 0 Å². The lowest BCUT2D eigenvalue weighted by Crippen LogP contribution is -2.27. The van der Waals surface area contributed by atoms with Crippen molar-refractivity contribution in [1.29, 1.82) is 0 Å². The Balaban J connectivity index is 2.39. The molecule has 0 aliphatic heterocycles. The smallest absolute Gasteiger partial charge is 0.228 e. The number of hydrogen-bond acceptors (Lipinski definition) is 4. The van der Waals surface area contributed by atoms with Gasteiger partial charge in [0.25, 0.3) is 0 Å². The van der Waals surface area contributed by atoms with Gasteiger partial charge < -0.3 is 9.84 Å². The van der Waals surface area contributed by atoms with Crippen LogP contribution in [0.15, 0.2) is 4.52 Å². The molecule has 4 heteroatoms. The SMILES string of the molecule is CCNC(C)Cc1nc(CCC(C)C)no1. The maximum atomic E-state index is 5.21. The van der Waals surface area contributed by atoms with Crippen molar-refractivity contribution in [2.45, 2.75) is 53.0 Å². The van der Waals surface area contributed by atoms with Gasteiger partial charge in [0.1, 0.15) is 0 Å². The molecule has 1 rings (SSSR count). The monoisotopic (exact) mass is 225 g/mol. The Morgan fingerprint density at radius 3 is 2.69 bits per heavy atom. The molecule has 0 fully saturated rings. The zero-order chi connectivity index (χ0) is 12.0. The molecule has 0 aromatic carbocycles. The van der Waals surface area contributed by atoms with E-state index in [4.69, 9.17) is 4.52 Å². The van der Waals surface area contributed by atoms with E-state index >= 15 is 0 Å². The Morgan fingerprint density at radius 2 is 2.06 bits per heavy atom. The summed E-state index contributed by atoms with van der Waals surface area (Å²) in [6.07, 6.45) is 2.83. The number of nitrogens with one attached hydrogen (secondary N) is 1. The van der Waals surface area contributed by atoms with E-state index in [1.54, 1.807) is 0 Å². The Bertz CT molecular complexity index is 296. The topological polar surface area (TPSA) is 51.0 Å². The van der Waals surface area contributed by atoms with Crippen molar-refractivity contribution in [3.63, 3.8) is 0 Å². The lowest BCUT2D eigenvalue weighted by molar-refractivity contribution is 0.357. The second-order valence-corrected chi connectivity index (χ2v) is 4.70. The summed E-state index contributed by atoms with van der Waals surface area (Å²) in [5.74, 6) is 2.27. The van der Waals surface area contributed by atoms with E-state index in [9.17, 15) is 0 Å². The van der Waals surface area contributed by atoms with Crippen LogP contribution in [0.5, 0.6) is 0 Å². The van der Waals surface area contributed by atoms with Crippen LogP contribution in [0.2, 0.25) is 0 Å². The number of hydrogen-bond donors (Lipinski definition) is 1. The van der Waals surface area contributed by atoms with E-state index in [0.29, 0.717) is 12.0 Å². The fraction of sp³-hybridized carbons (Fsp3) is 0.833. The molecule has 0 saturated heterocycles. The van der Waals surface area contributed by atoms with Crippen LogP contribution in [0.4, 0.5) is 0 Å². The highest BCUT2D eigenvalue weighted by Crippen LogP contribution is 2.07. The molecule has 0 bridgehead atoms. The predicted molar refractivity (Wildman–Crippen MR) is 64.3 cm³/mol. The van der Waals surface area contributed by atoms with Gasteiger partial charge in [0.2, 0.25) is 5.89 Å². The molecular formula is C12H23N3O. The maximum absolute atomic E-state index is 5.21. The molecule has 4 nitrogen and oxygen atoms in total. The summed E-state index contributed by atoms with van der Waals surface area (Å²) in [7, 11) is 0. The number of aromatic nitrogens is 2. The second-order valence-electron chi connectivity index (χ2n) is 4.70. The van der Waals surface area contributed by atoms with Gasteiger partial charge in [-0.2, -0.15) is 4.98 Å². The minimum Gasteiger partial charge on any atom is -0.339 e. The average molecular weight is 225 g/mol. The first-order valence-corrected chi connectivity index (χ1v) is 6.16. The van der Waals surface area contributed by atoms with E-state index in [1.807, 2.05) is 0 Å².